The molecule has 0 saturated carbocycles. The van der Waals surface area contributed by atoms with Crippen LogP contribution in [0.4, 0.5) is 15.7 Å². The van der Waals surface area contributed by atoms with Crippen molar-refractivity contribution in [2.75, 3.05) is 19.0 Å². The number of nitrogens with zero attached hydrogens (tertiary/aromatic N) is 5. The van der Waals surface area contributed by atoms with Crippen LogP contribution in [0.3, 0.4) is 0 Å². The minimum Gasteiger partial charge on any atom is -0.497 e. The Morgan fingerprint density at radius 1 is 1.23 bits per heavy atom. The number of amides is 1. The average molecular weight is 428 g/mol. The third kappa shape index (κ3) is 4.57. The van der Waals surface area contributed by atoms with E-state index in [0.717, 1.165) is 29.2 Å². The number of hydrogen-bond acceptors (Lipinski definition) is 9. The number of hydrogen-bond donors (Lipinski definition) is 2. The lowest BCUT2D eigenvalue weighted by Gasteiger charge is -2.32. The SMILES string of the molecule is COc1ccc(-c2nnc(Nc3cc(OC4CCCCN4C(=O)O)ncn3)s2)cc1. The summed E-state index contributed by atoms with van der Waals surface area (Å²) in [5.41, 5.74) is 0.930. The second-order valence-corrected chi connectivity index (χ2v) is 7.53. The topological polar surface area (TPSA) is 123 Å². The fourth-order valence-corrected chi connectivity index (χ4v) is 3.84. The smallest absolute Gasteiger partial charge is 0.410 e. The summed E-state index contributed by atoms with van der Waals surface area (Å²) >= 11 is 1.38. The van der Waals surface area contributed by atoms with Crippen molar-refractivity contribution in [2.45, 2.75) is 25.5 Å². The quantitative estimate of drug-likeness (QED) is 0.606. The maximum atomic E-state index is 11.4. The number of carbonyl (C=O) groups is 1. The Morgan fingerprint density at radius 2 is 2.07 bits per heavy atom. The van der Waals surface area contributed by atoms with Gasteiger partial charge in [0.2, 0.25) is 11.0 Å². The summed E-state index contributed by atoms with van der Waals surface area (Å²) in [5.74, 6) is 1.55. The van der Waals surface area contributed by atoms with Gasteiger partial charge in [0, 0.05) is 24.6 Å². The molecule has 0 bridgehead atoms. The molecule has 1 atom stereocenters. The van der Waals surface area contributed by atoms with Crippen LogP contribution in [-0.2, 0) is 0 Å². The highest BCUT2D eigenvalue weighted by Gasteiger charge is 2.28. The van der Waals surface area contributed by atoms with Gasteiger partial charge in [0.05, 0.1) is 7.11 Å². The van der Waals surface area contributed by atoms with Crippen LogP contribution in [0.1, 0.15) is 19.3 Å². The minimum absolute atomic E-state index is 0.297. The number of ether oxygens (including phenoxy) is 2. The number of aromatic nitrogens is 4. The van der Waals surface area contributed by atoms with Crippen LogP contribution in [0.2, 0.25) is 0 Å². The molecule has 0 aliphatic carbocycles. The highest BCUT2D eigenvalue weighted by atomic mass is 32.1. The first-order valence-electron chi connectivity index (χ1n) is 9.35. The zero-order valence-corrected chi connectivity index (χ0v) is 17.0. The van der Waals surface area contributed by atoms with E-state index in [1.807, 2.05) is 24.3 Å². The molecular formula is C19H20N6O4S. The maximum Gasteiger partial charge on any atom is 0.410 e. The van der Waals surface area contributed by atoms with Crippen molar-refractivity contribution < 1.29 is 19.4 Å². The summed E-state index contributed by atoms with van der Waals surface area (Å²) < 4.78 is 11.0. The summed E-state index contributed by atoms with van der Waals surface area (Å²) in [7, 11) is 1.62. The number of benzene rings is 1. The largest absolute Gasteiger partial charge is 0.497 e. The number of likely N-dealkylation sites (tertiary alicyclic amines) is 1. The van der Waals surface area contributed by atoms with Crippen molar-refractivity contribution >= 4 is 28.4 Å². The summed E-state index contributed by atoms with van der Waals surface area (Å²) in [6, 6.07) is 9.17. The molecule has 4 rings (SSSR count). The van der Waals surface area contributed by atoms with Crippen molar-refractivity contribution in [3.8, 4) is 22.2 Å². The van der Waals surface area contributed by atoms with Gasteiger partial charge in [-0.15, -0.1) is 10.2 Å². The van der Waals surface area contributed by atoms with Crippen LogP contribution in [-0.4, -0.2) is 56.1 Å². The standard InChI is InChI=1S/C19H20N6O4S/c1-28-13-7-5-12(6-8-13)17-23-24-18(30-17)22-14-10-15(21-11-20-14)29-16-4-2-3-9-25(16)19(26)27/h5-8,10-11,16H,2-4,9H2,1H3,(H,26,27)(H,20,21,22,24). The normalized spacial score (nSPS) is 16.2. The van der Waals surface area contributed by atoms with Gasteiger partial charge in [-0.1, -0.05) is 11.3 Å². The van der Waals surface area contributed by atoms with Gasteiger partial charge < -0.3 is 19.9 Å². The molecule has 3 heterocycles. The van der Waals surface area contributed by atoms with Gasteiger partial charge in [0.25, 0.3) is 0 Å². The second kappa shape index (κ2) is 8.91. The first-order chi connectivity index (χ1) is 14.6. The highest BCUT2D eigenvalue weighted by molar-refractivity contribution is 7.18. The van der Waals surface area contributed by atoms with E-state index >= 15 is 0 Å². The predicted octanol–water partition coefficient (Wildman–Crippen LogP) is 3.62. The molecule has 1 fully saturated rings. The molecule has 3 aromatic rings. The zero-order chi connectivity index (χ0) is 20.9. The molecule has 0 spiro atoms. The Kier molecular flexibility index (Phi) is 5.89. The number of methoxy groups -OCH3 is 1. The summed E-state index contributed by atoms with van der Waals surface area (Å²) in [6.07, 6.45) is 2.17. The van der Waals surface area contributed by atoms with E-state index in [1.165, 1.54) is 22.6 Å². The fraction of sp³-hybridized carbons (Fsp3) is 0.316. The van der Waals surface area contributed by atoms with Crippen molar-refractivity contribution in [3.05, 3.63) is 36.7 Å². The Morgan fingerprint density at radius 3 is 2.83 bits per heavy atom. The Balaban J connectivity index is 1.44. The third-order valence-electron chi connectivity index (χ3n) is 4.59. The molecule has 1 amide bonds. The Bertz CT molecular complexity index is 1010. The summed E-state index contributed by atoms with van der Waals surface area (Å²) in [6.45, 7) is 0.453. The lowest BCUT2D eigenvalue weighted by atomic mass is 10.1. The van der Waals surface area contributed by atoms with Gasteiger partial charge in [0.15, 0.2) is 6.23 Å². The fourth-order valence-electron chi connectivity index (χ4n) is 3.09. The lowest BCUT2D eigenvalue weighted by Crippen LogP contribution is -2.46. The van der Waals surface area contributed by atoms with Crippen LogP contribution in [0.15, 0.2) is 36.7 Å². The lowest BCUT2D eigenvalue weighted by molar-refractivity contribution is 0.00335. The number of piperidine rings is 1. The zero-order valence-electron chi connectivity index (χ0n) is 16.2. The molecule has 10 nitrogen and oxygen atoms in total. The van der Waals surface area contributed by atoms with E-state index in [9.17, 15) is 9.90 Å². The number of carboxylic acid groups (broad SMARTS) is 1. The van der Waals surface area contributed by atoms with Gasteiger partial charge in [-0.3, -0.25) is 4.90 Å². The highest BCUT2D eigenvalue weighted by Crippen LogP contribution is 2.29. The van der Waals surface area contributed by atoms with Crippen LogP contribution in [0, 0.1) is 0 Å². The number of anilines is 2. The van der Waals surface area contributed by atoms with Gasteiger partial charge in [-0.2, -0.15) is 0 Å². The van der Waals surface area contributed by atoms with Gasteiger partial charge >= 0.3 is 6.09 Å². The maximum absolute atomic E-state index is 11.4. The molecule has 0 radical (unpaired) electrons. The minimum atomic E-state index is -0.993. The van der Waals surface area contributed by atoms with Crippen LogP contribution >= 0.6 is 11.3 Å². The third-order valence-corrected chi connectivity index (χ3v) is 5.48. The monoisotopic (exact) mass is 428 g/mol. The molecule has 1 aromatic carbocycles. The second-order valence-electron chi connectivity index (χ2n) is 6.55. The molecule has 1 unspecified atom stereocenters. The van der Waals surface area contributed by atoms with Crippen molar-refractivity contribution in [3.63, 3.8) is 0 Å². The van der Waals surface area contributed by atoms with E-state index in [-0.39, 0.29) is 0 Å². The number of rotatable bonds is 6. The van der Waals surface area contributed by atoms with Crippen molar-refractivity contribution in [1.82, 2.24) is 25.1 Å². The van der Waals surface area contributed by atoms with E-state index in [1.54, 1.807) is 13.2 Å². The van der Waals surface area contributed by atoms with E-state index in [2.05, 4.69) is 25.5 Å². The van der Waals surface area contributed by atoms with Crippen LogP contribution in [0.5, 0.6) is 11.6 Å². The molecule has 1 saturated heterocycles. The first-order valence-corrected chi connectivity index (χ1v) is 10.2. The van der Waals surface area contributed by atoms with Gasteiger partial charge in [0.1, 0.15) is 22.9 Å². The molecular weight excluding hydrogens is 408 g/mol. The van der Waals surface area contributed by atoms with Gasteiger partial charge in [-0.05, 0) is 37.1 Å². The Hall–Kier alpha value is -3.47. The van der Waals surface area contributed by atoms with Gasteiger partial charge in [-0.25, -0.2) is 14.8 Å². The average Bonchev–Trinajstić information content (AvgIpc) is 3.23. The molecule has 2 aromatic heterocycles. The summed E-state index contributed by atoms with van der Waals surface area (Å²) in [4.78, 5) is 21.0. The summed E-state index contributed by atoms with van der Waals surface area (Å²) in [5, 5.41) is 22.1. The molecule has 11 heteroatoms. The molecule has 30 heavy (non-hydrogen) atoms. The van der Waals surface area contributed by atoms with Crippen molar-refractivity contribution in [1.29, 1.82) is 0 Å². The Labute approximate surface area is 176 Å². The molecule has 1 aliphatic rings. The predicted molar refractivity (Wildman–Crippen MR) is 110 cm³/mol. The van der Waals surface area contributed by atoms with E-state index in [0.29, 0.717) is 29.8 Å². The van der Waals surface area contributed by atoms with Crippen LogP contribution < -0.4 is 14.8 Å². The number of nitrogens with one attached hydrogen (secondary N) is 1. The van der Waals surface area contributed by atoms with Crippen molar-refractivity contribution in [2.24, 2.45) is 0 Å². The van der Waals surface area contributed by atoms with E-state index in [4.69, 9.17) is 9.47 Å². The first kappa shape index (κ1) is 19.8. The van der Waals surface area contributed by atoms with E-state index < -0.39 is 12.3 Å². The molecule has 2 N–H and O–H groups in total. The molecule has 1 aliphatic heterocycles. The van der Waals surface area contributed by atoms with Crippen LogP contribution in [0.25, 0.3) is 10.6 Å². The molecule has 156 valence electrons.